The maximum absolute atomic E-state index is 12.4. The fraction of sp³-hybridized carbons (Fsp3) is 0.562. The van der Waals surface area contributed by atoms with E-state index in [1.165, 1.54) is 0 Å². The zero-order valence-corrected chi connectivity index (χ0v) is 13.4. The summed E-state index contributed by atoms with van der Waals surface area (Å²) < 4.78 is 0. The molecule has 0 saturated carbocycles. The molecule has 0 heterocycles. The lowest BCUT2D eigenvalue weighted by Crippen LogP contribution is -2.44. The third kappa shape index (κ3) is 5.14. The van der Waals surface area contributed by atoms with Gasteiger partial charge in [-0.15, -0.1) is 0 Å². The fourth-order valence-electron chi connectivity index (χ4n) is 2.21. The second-order valence-electron chi connectivity index (χ2n) is 5.86. The van der Waals surface area contributed by atoms with E-state index in [1.54, 1.807) is 18.7 Å². The van der Waals surface area contributed by atoms with Gasteiger partial charge in [-0.3, -0.25) is 4.79 Å². The monoisotopic (exact) mass is 297 g/mol. The number of benzene rings is 1. The number of halogens is 1. The van der Waals surface area contributed by atoms with Crippen LogP contribution in [-0.2, 0) is 11.2 Å². The standard InChI is InChI=1S/C16H24ClNO2/c1-5-18(11-16(3,4)20)15(19)12(2)10-13-8-6-7-9-14(13)17/h6-9,12,20H,5,10-11H2,1-4H3. The van der Waals surface area contributed by atoms with Gasteiger partial charge in [0, 0.05) is 24.0 Å². The summed E-state index contributed by atoms with van der Waals surface area (Å²) in [6.07, 6.45) is 0.612. The maximum atomic E-state index is 12.4. The summed E-state index contributed by atoms with van der Waals surface area (Å²) in [5.74, 6) is -0.105. The molecule has 0 bridgehead atoms. The number of rotatable bonds is 6. The van der Waals surface area contributed by atoms with Gasteiger partial charge in [-0.1, -0.05) is 36.7 Å². The molecule has 1 amide bonds. The normalized spacial score (nSPS) is 13.1. The van der Waals surface area contributed by atoms with E-state index in [4.69, 9.17) is 11.6 Å². The molecule has 1 aromatic rings. The first-order valence-electron chi connectivity index (χ1n) is 6.99. The first-order valence-corrected chi connectivity index (χ1v) is 7.37. The molecule has 20 heavy (non-hydrogen) atoms. The molecule has 0 aliphatic rings. The van der Waals surface area contributed by atoms with Crippen molar-refractivity contribution in [3.05, 3.63) is 34.9 Å². The third-order valence-corrected chi connectivity index (χ3v) is 3.55. The van der Waals surface area contributed by atoms with Crippen LogP contribution in [0, 0.1) is 5.92 Å². The molecule has 1 N–H and O–H groups in total. The van der Waals surface area contributed by atoms with E-state index in [2.05, 4.69) is 0 Å². The largest absolute Gasteiger partial charge is 0.389 e. The highest BCUT2D eigenvalue weighted by atomic mass is 35.5. The van der Waals surface area contributed by atoms with Crippen LogP contribution in [0.4, 0.5) is 0 Å². The molecular formula is C16H24ClNO2. The predicted molar refractivity (Wildman–Crippen MR) is 82.9 cm³/mol. The number of amides is 1. The highest BCUT2D eigenvalue weighted by molar-refractivity contribution is 6.31. The van der Waals surface area contributed by atoms with Gasteiger partial charge in [-0.25, -0.2) is 0 Å². The van der Waals surface area contributed by atoms with Crippen LogP contribution in [0.3, 0.4) is 0 Å². The van der Waals surface area contributed by atoms with Crippen molar-refractivity contribution in [3.63, 3.8) is 0 Å². The molecular weight excluding hydrogens is 274 g/mol. The van der Waals surface area contributed by atoms with Gasteiger partial charge in [0.05, 0.1) is 5.60 Å². The number of hydrogen-bond donors (Lipinski definition) is 1. The van der Waals surface area contributed by atoms with Gasteiger partial charge in [0.2, 0.25) is 5.91 Å². The van der Waals surface area contributed by atoms with Crippen molar-refractivity contribution in [2.75, 3.05) is 13.1 Å². The van der Waals surface area contributed by atoms with Crippen LogP contribution in [0.5, 0.6) is 0 Å². The summed E-state index contributed by atoms with van der Waals surface area (Å²) in [7, 11) is 0. The zero-order valence-electron chi connectivity index (χ0n) is 12.7. The SMILES string of the molecule is CCN(CC(C)(C)O)C(=O)C(C)Cc1ccccc1Cl. The topological polar surface area (TPSA) is 40.5 Å². The highest BCUT2D eigenvalue weighted by Gasteiger charge is 2.25. The van der Waals surface area contributed by atoms with Crippen molar-refractivity contribution in [1.82, 2.24) is 4.90 Å². The third-order valence-electron chi connectivity index (χ3n) is 3.18. The van der Waals surface area contributed by atoms with E-state index in [9.17, 15) is 9.90 Å². The Balaban J connectivity index is 2.73. The smallest absolute Gasteiger partial charge is 0.225 e. The van der Waals surface area contributed by atoms with Crippen molar-refractivity contribution in [1.29, 1.82) is 0 Å². The van der Waals surface area contributed by atoms with E-state index in [0.717, 1.165) is 5.56 Å². The van der Waals surface area contributed by atoms with Gasteiger partial charge in [0.1, 0.15) is 0 Å². The van der Waals surface area contributed by atoms with Crippen molar-refractivity contribution in [3.8, 4) is 0 Å². The van der Waals surface area contributed by atoms with Crippen LogP contribution in [0.2, 0.25) is 5.02 Å². The molecule has 0 saturated heterocycles. The highest BCUT2D eigenvalue weighted by Crippen LogP contribution is 2.20. The first-order chi connectivity index (χ1) is 9.24. The molecule has 0 fully saturated rings. The second kappa shape index (κ2) is 7.09. The van der Waals surface area contributed by atoms with Gasteiger partial charge in [0.25, 0.3) is 0 Å². The molecule has 0 aliphatic heterocycles. The van der Waals surface area contributed by atoms with Crippen LogP contribution < -0.4 is 0 Å². The van der Waals surface area contributed by atoms with Crippen LogP contribution >= 0.6 is 11.6 Å². The average Bonchev–Trinajstić information content (AvgIpc) is 2.36. The summed E-state index contributed by atoms with van der Waals surface area (Å²) in [4.78, 5) is 14.1. The Bertz CT molecular complexity index is 454. The van der Waals surface area contributed by atoms with Crippen LogP contribution in [0.15, 0.2) is 24.3 Å². The van der Waals surface area contributed by atoms with Gasteiger partial charge in [-0.05, 0) is 38.8 Å². The molecule has 112 valence electrons. The lowest BCUT2D eigenvalue weighted by atomic mass is 9.99. The van der Waals surface area contributed by atoms with E-state index >= 15 is 0 Å². The van der Waals surface area contributed by atoms with E-state index in [1.807, 2.05) is 38.1 Å². The van der Waals surface area contributed by atoms with Gasteiger partial charge < -0.3 is 10.0 Å². The van der Waals surface area contributed by atoms with Crippen molar-refractivity contribution in [2.45, 2.75) is 39.7 Å². The summed E-state index contributed by atoms with van der Waals surface area (Å²) in [6, 6.07) is 7.58. The molecule has 0 spiro atoms. The molecule has 1 atom stereocenters. The minimum atomic E-state index is -0.879. The second-order valence-corrected chi connectivity index (χ2v) is 6.27. The molecule has 4 heteroatoms. The Morgan fingerprint density at radius 3 is 2.50 bits per heavy atom. The number of carbonyl (C=O) groups excluding carboxylic acids is 1. The molecule has 0 aliphatic carbocycles. The Kier molecular flexibility index (Phi) is 6.03. The lowest BCUT2D eigenvalue weighted by Gasteiger charge is -2.30. The van der Waals surface area contributed by atoms with Gasteiger partial charge >= 0.3 is 0 Å². The summed E-state index contributed by atoms with van der Waals surface area (Å²) in [5, 5.41) is 10.6. The molecule has 1 unspecified atom stereocenters. The number of likely N-dealkylation sites (N-methyl/N-ethyl adjacent to an activating group) is 1. The lowest BCUT2D eigenvalue weighted by molar-refractivity contribution is -0.137. The van der Waals surface area contributed by atoms with Crippen LogP contribution in [-0.4, -0.2) is 34.6 Å². The van der Waals surface area contributed by atoms with Crippen molar-refractivity contribution in [2.24, 2.45) is 5.92 Å². The van der Waals surface area contributed by atoms with Gasteiger partial charge in [-0.2, -0.15) is 0 Å². The van der Waals surface area contributed by atoms with Crippen LogP contribution in [0.25, 0.3) is 0 Å². The average molecular weight is 298 g/mol. The van der Waals surface area contributed by atoms with E-state index in [-0.39, 0.29) is 11.8 Å². The Hall–Kier alpha value is -1.06. The van der Waals surface area contributed by atoms with Gasteiger partial charge in [0.15, 0.2) is 0 Å². The van der Waals surface area contributed by atoms with E-state index in [0.29, 0.717) is 24.5 Å². The molecule has 0 aromatic heterocycles. The van der Waals surface area contributed by atoms with Crippen molar-refractivity contribution < 1.29 is 9.90 Å². The Morgan fingerprint density at radius 2 is 2.00 bits per heavy atom. The summed E-state index contributed by atoms with van der Waals surface area (Å²) in [6.45, 7) is 8.18. The predicted octanol–water partition coefficient (Wildman–Crippen LogP) is 3.14. The molecule has 1 rings (SSSR count). The quantitative estimate of drug-likeness (QED) is 0.876. The molecule has 0 radical (unpaired) electrons. The fourth-order valence-corrected chi connectivity index (χ4v) is 2.42. The minimum absolute atomic E-state index is 0.0505. The van der Waals surface area contributed by atoms with E-state index < -0.39 is 5.60 Å². The summed E-state index contributed by atoms with van der Waals surface area (Å²) >= 11 is 6.13. The number of aliphatic hydroxyl groups is 1. The zero-order chi connectivity index (χ0) is 15.3. The Morgan fingerprint density at radius 1 is 1.40 bits per heavy atom. The molecule has 3 nitrogen and oxygen atoms in total. The number of hydrogen-bond acceptors (Lipinski definition) is 2. The van der Waals surface area contributed by atoms with Crippen molar-refractivity contribution >= 4 is 17.5 Å². The first kappa shape index (κ1) is 17.0. The molecule has 1 aromatic carbocycles. The number of nitrogens with zero attached hydrogens (tertiary/aromatic N) is 1. The minimum Gasteiger partial charge on any atom is -0.389 e. The maximum Gasteiger partial charge on any atom is 0.225 e. The number of carbonyl (C=O) groups is 1. The van der Waals surface area contributed by atoms with Crippen LogP contribution in [0.1, 0.15) is 33.3 Å². The Labute approximate surface area is 126 Å². The summed E-state index contributed by atoms with van der Waals surface area (Å²) in [5.41, 5.74) is 0.102.